The third-order valence-electron chi connectivity index (χ3n) is 1.93. The minimum atomic E-state index is 0.00961. The van der Waals surface area contributed by atoms with E-state index in [2.05, 4.69) is 9.97 Å². The molecule has 0 amide bonds. The van der Waals surface area contributed by atoms with Crippen molar-refractivity contribution in [2.45, 2.75) is 0 Å². The number of hydrogen-bond donors (Lipinski definition) is 1. The summed E-state index contributed by atoms with van der Waals surface area (Å²) < 4.78 is 5.42. The number of nitrogens with two attached hydrogens (primary N) is 1. The van der Waals surface area contributed by atoms with E-state index in [0.29, 0.717) is 10.0 Å². The van der Waals surface area contributed by atoms with Crippen molar-refractivity contribution in [3.63, 3.8) is 0 Å². The first kappa shape index (κ1) is 13.5. The fourth-order valence-electron chi connectivity index (χ4n) is 1.12. The molecule has 94 valence electrons. The smallest absolute Gasteiger partial charge is 0.247 e. The molecule has 0 saturated carbocycles. The van der Waals surface area contributed by atoms with E-state index in [0.717, 1.165) is 0 Å². The van der Waals surface area contributed by atoms with Gasteiger partial charge >= 0.3 is 0 Å². The number of hydrogen-bond acceptors (Lipinski definition) is 4. The summed E-state index contributed by atoms with van der Waals surface area (Å²) in [5.74, 6) is 0.364. The van der Waals surface area contributed by atoms with Gasteiger partial charge in [0, 0.05) is 6.07 Å². The second-order valence-corrected chi connectivity index (χ2v) is 4.76. The average Bonchev–Trinajstić information content (AvgIpc) is 2.30. The molecule has 0 aliphatic heterocycles. The minimum absolute atomic E-state index is 0.00961. The van der Waals surface area contributed by atoms with Crippen molar-refractivity contribution in [2.24, 2.45) is 0 Å². The molecular weight excluding hydrogens is 320 g/mol. The lowest BCUT2D eigenvalue weighted by molar-refractivity contribution is 0.464. The summed E-state index contributed by atoms with van der Waals surface area (Å²) >= 11 is 23.3. The Morgan fingerprint density at radius 3 is 2.39 bits per heavy atom. The van der Waals surface area contributed by atoms with Crippen molar-refractivity contribution in [3.8, 4) is 11.6 Å². The maximum atomic E-state index is 5.96. The fraction of sp³-hybridized carbons (Fsp3) is 0. The van der Waals surface area contributed by atoms with E-state index < -0.39 is 0 Å². The second kappa shape index (κ2) is 5.36. The molecule has 1 heterocycles. The van der Waals surface area contributed by atoms with Gasteiger partial charge < -0.3 is 10.5 Å². The van der Waals surface area contributed by atoms with Gasteiger partial charge in [-0.05, 0) is 17.7 Å². The zero-order valence-corrected chi connectivity index (χ0v) is 11.6. The minimum Gasteiger partial charge on any atom is -0.435 e. The third kappa shape index (κ3) is 2.90. The molecule has 1 aromatic heterocycles. The van der Waals surface area contributed by atoms with Crippen molar-refractivity contribution in [1.82, 2.24) is 9.97 Å². The number of aromatic nitrogens is 2. The Kier molecular flexibility index (Phi) is 4.02. The summed E-state index contributed by atoms with van der Waals surface area (Å²) in [6.07, 6.45) is 1.33. The molecule has 2 N–H and O–H groups in total. The highest BCUT2D eigenvalue weighted by atomic mass is 35.5. The molecule has 0 fully saturated rings. The second-order valence-electron chi connectivity index (χ2n) is 3.20. The third-order valence-corrected chi connectivity index (χ3v) is 3.13. The van der Waals surface area contributed by atoms with Crippen LogP contribution in [0.15, 0.2) is 18.3 Å². The van der Waals surface area contributed by atoms with Crippen molar-refractivity contribution in [2.75, 3.05) is 5.73 Å². The SMILES string of the molecule is Nc1cnc(Cl)nc1Oc1cc(Cl)c(Cl)cc1Cl. The first-order chi connectivity index (χ1) is 8.47. The summed E-state index contributed by atoms with van der Waals surface area (Å²) in [6, 6.07) is 2.92. The Morgan fingerprint density at radius 1 is 1.00 bits per heavy atom. The first-order valence-electron chi connectivity index (χ1n) is 4.58. The topological polar surface area (TPSA) is 61.0 Å². The summed E-state index contributed by atoms with van der Waals surface area (Å²) in [5.41, 5.74) is 5.87. The van der Waals surface area contributed by atoms with E-state index in [9.17, 15) is 0 Å². The van der Waals surface area contributed by atoms with Crippen LogP contribution < -0.4 is 10.5 Å². The Morgan fingerprint density at radius 2 is 1.67 bits per heavy atom. The molecule has 0 bridgehead atoms. The Labute approximate surface area is 123 Å². The molecule has 0 radical (unpaired) electrons. The molecule has 1 aromatic carbocycles. The lowest BCUT2D eigenvalue weighted by atomic mass is 10.3. The Hall–Kier alpha value is -0.940. The van der Waals surface area contributed by atoms with Crippen molar-refractivity contribution in [3.05, 3.63) is 38.7 Å². The average molecular weight is 325 g/mol. The molecular formula is C10H5Cl4N3O. The predicted octanol–water partition coefficient (Wildman–Crippen LogP) is 4.46. The van der Waals surface area contributed by atoms with Crippen molar-refractivity contribution in [1.29, 1.82) is 0 Å². The molecule has 0 unspecified atom stereocenters. The molecule has 0 saturated heterocycles. The zero-order valence-electron chi connectivity index (χ0n) is 8.62. The monoisotopic (exact) mass is 323 g/mol. The summed E-state index contributed by atoms with van der Waals surface area (Å²) in [6.45, 7) is 0. The summed E-state index contributed by atoms with van der Waals surface area (Å²) in [7, 11) is 0. The van der Waals surface area contributed by atoms with Crippen LogP contribution in [0.3, 0.4) is 0 Å². The van der Waals surface area contributed by atoms with Crippen molar-refractivity contribution < 1.29 is 4.74 Å². The number of halogens is 4. The van der Waals surface area contributed by atoms with Crippen LogP contribution in [0, 0.1) is 0 Å². The number of rotatable bonds is 2. The zero-order chi connectivity index (χ0) is 13.3. The normalized spacial score (nSPS) is 10.4. The lowest BCUT2D eigenvalue weighted by Crippen LogP contribution is -1.97. The molecule has 4 nitrogen and oxygen atoms in total. The number of nitrogens with zero attached hydrogens (tertiary/aromatic N) is 2. The molecule has 2 rings (SSSR count). The molecule has 2 aromatic rings. The van der Waals surface area contributed by atoms with Crippen LogP contribution in [0.25, 0.3) is 0 Å². The maximum Gasteiger partial charge on any atom is 0.247 e. The highest BCUT2D eigenvalue weighted by Gasteiger charge is 2.11. The van der Waals surface area contributed by atoms with Gasteiger partial charge in [0.1, 0.15) is 11.4 Å². The van der Waals surface area contributed by atoms with Crippen molar-refractivity contribution >= 4 is 52.1 Å². The first-order valence-corrected chi connectivity index (χ1v) is 6.09. The van der Waals surface area contributed by atoms with E-state index in [-0.39, 0.29) is 27.6 Å². The molecule has 0 atom stereocenters. The molecule has 0 aliphatic rings. The summed E-state index contributed by atoms with van der Waals surface area (Å²) in [5, 5.41) is 0.909. The van der Waals surface area contributed by atoms with Crippen LogP contribution >= 0.6 is 46.4 Å². The largest absolute Gasteiger partial charge is 0.435 e. The van der Waals surface area contributed by atoms with Crippen LogP contribution in [-0.2, 0) is 0 Å². The highest BCUT2D eigenvalue weighted by molar-refractivity contribution is 6.43. The number of anilines is 1. The number of nitrogen functional groups attached to an aromatic ring is 1. The number of ether oxygens (including phenoxy) is 1. The van der Waals surface area contributed by atoms with E-state index in [1.807, 2.05) is 0 Å². The molecule has 18 heavy (non-hydrogen) atoms. The van der Waals surface area contributed by atoms with Crippen LogP contribution in [0.5, 0.6) is 11.6 Å². The van der Waals surface area contributed by atoms with Gasteiger partial charge in [0.25, 0.3) is 0 Å². The van der Waals surface area contributed by atoms with Gasteiger partial charge in [-0.3, -0.25) is 0 Å². The van der Waals surface area contributed by atoms with Crippen LogP contribution in [-0.4, -0.2) is 9.97 Å². The van der Waals surface area contributed by atoms with Crippen LogP contribution in [0.4, 0.5) is 5.69 Å². The van der Waals surface area contributed by atoms with Crippen LogP contribution in [0.2, 0.25) is 20.4 Å². The van der Waals surface area contributed by atoms with Crippen LogP contribution in [0.1, 0.15) is 0 Å². The van der Waals surface area contributed by atoms with E-state index in [1.54, 1.807) is 0 Å². The summed E-state index contributed by atoms with van der Waals surface area (Å²) in [4.78, 5) is 7.54. The molecule has 0 aliphatic carbocycles. The van der Waals surface area contributed by atoms with E-state index >= 15 is 0 Å². The van der Waals surface area contributed by atoms with Gasteiger partial charge in [-0.1, -0.05) is 34.8 Å². The molecule has 8 heteroatoms. The van der Waals surface area contributed by atoms with Gasteiger partial charge in [0.05, 0.1) is 21.3 Å². The number of benzene rings is 1. The van der Waals surface area contributed by atoms with Gasteiger partial charge in [-0.2, -0.15) is 4.98 Å². The maximum absolute atomic E-state index is 5.96. The quantitative estimate of drug-likeness (QED) is 0.654. The van der Waals surface area contributed by atoms with Gasteiger partial charge in [-0.25, -0.2) is 4.98 Å². The molecule has 0 spiro atoms. The van der Waals surface area contributed by atoms with E-state index in [1.165, 1.54) is 18.3 Å². The van der Waals surface area contributed by atoms with Gasteiger partial charge in [-0.15, -0.1) is 0 Å². The Bertz CT molecular complexity index is 606. The lowest BCUT2D eigenvalue weighted by Gasteiger charge is -2.09. The van der Waals surface area contributed by atoms with E-state index in [4.69, 9.17) is 56.9 Å². The predicted molar refractivity (Wildman–Crippen MR) is 73.0 cm³/mol. The Balaban J connectivity index is 2.40. The van der Waals surface area contributed by atoms with Gasteiger partial charge in [0.15, 0.2) is 0 Å². The fourth-order valence-corrected chi connectivity index (χ4v) is 1.82. The van der Waals surface area contributed by atoms with Gasteiger partial charge in [0.2, 0.25) is 11.2 Å². The standard InChI is InChI=1S/C10H5Cl4N3O/c11-4-1-6(13)8(2-5(4)12)18-9-7(15)3-16-10(14)17-9/h1-3H,15H2. The highest BCUT2D eigenvalue weighted by Crippen LogP contribution is 2.37.